The highest BCUT2D eigenvalue weighted by atomic mass is 32.2. The molecule has 0 spiro atoms. The molecule has 0 aromatic heterocycles. The van der Waals surface area contributed by atoms with Crippen molar-refractivity contribution < 1.29 is 8.42 Å². The van der Waals surface area contributed by atoms with E-state index in [0.717, 1.165) is 12.1 Å². The summed E-state index contributed by atoms with van der Waals surface area (Å²) in [6.07, 6.45) is 2.16. The zero-order valence-corrected chi connectivity index (χ0v) is 16.0. The summed E-state index contributed by atoms with van der Waals surface area (Å²) < 4.78 is 25.4. The molecule has 1 unspecified atom stereocenters. The minimum atomic E-state index is -3.38. The summed E-state index contributed by atoms with van der Waals surface area (Å²) >= 11 is 0. The summed E-state index contributed by atoms with van der Waals surface area (Å²) in [5.41, 5.74) is 3.49. The molecule has 0 aliphatic rings. The van der Waals surface area contributed by atoms with Crippen LogP contribution in [-0.2, 0) is 10.0 Å². The monoisotopic (exact) mass is 358 g/mol. The number of nitrogens with one attached hydrogen (secondary N) is 1. The fourth-order valence-electron chi connectivity index (χ4n) is 2.46. The van der Waals surface area contributed by atoms with E-state index < -0.39 is 10.0 Å². The highest BCUT2D eigenvalue weighted by Gasteiger charge is 2.17. The third kappa shape index (κ3) is 5.26. The Labute approximate surface area is 151 Å². The van der Waals surface area contributed by atoms with Gasteiger partial charge in [-0.3, -0.25) is 0 Å². The second kappa shape index (κ2) is 8.43. The van der Waals surface area contributed by atoms with Gasteiger partial charge in [0.15, 0.2) is 0 Å². The van der Waals surface area contributed by atoms with Gasteiger partial charge in [-0.15, -0.1) is 0 Å². The Morgan fingerprint density at radius 2 is 1.68 bits per heavy atom. The molecule has 0 aliphatic carbocycles. The molecule has 0 aliphatic heterocycles. The minimum Gasteiger partial charge on any atom is -0.306 e. The number of hydrogen-bond acceptors (Lipinski definition) is 3. The van der Waals surface area contributed by atoms with Gasteiger partial charge in [0.25, 0.3) is 0 Å². The molecule has 134 valence electrons. The van der Waals surface area contributed by atoms with Crippen LogP contribution in [0.4, 0.5) is 0 Å². The van der Waals surface area contributed by atoms with E-state index >= 15 is 0 Å². The Bertz CT molecular complexity index is 811. The van der Waals surface area contributed by atoms with Gasteiger partial charge >= 0.3 is 0 Å². The molecule has 0 saturated carbocycles. The van der Waals surface area contributed by atoms with Gasteiger partial charge in [-0.2, -0.15) is 0 Å². The Morgan fingerprint density at radius 3 is 2.24 bits per heavy atom. The molecule has 0 fully saturated rings. The van der Waals surface area contributed by atoms with Gasteiger partial charge in [0.05, 0.1) is 4.90 Å². The molecule has 5 heteroatoms. The third-order valence-corrected chi connectivity index (χ3v) is 5.89. The Kier molecular flexibility index (Phi) is 6.53. The molecule has 1 N–H and O–H groups in total. The van der Waals surface area contributed by atoms with E-state index in [1.165, 1.54) is 29.5 Å². The van der Waals surface area contributed by atoms with E-state index in [9.17, 15) is 8.42 Å². The quantitative estimate of drug-likeness (QED) is 0.821. The Hall–Kier alpha value is -1.95. The molecule has 0 amide bonds. The Morgan fingerprint density at radius 1 is 1.08 bits per heavy atom. The first kappa shape index (κ1) is 19.4. The van der Waals surface area contributed by atoms with Crippen LogP contribution in [0.3, 0.4) is 0 Å². The summed E-state index contributed by atoms with van der Waals surface area (Å²) in [7, 11) is -0.302. The lowest BCUT2D eigenvalue weighted by Gasteiger charge is -2.16. The predicted octanol–water partition coefficient (Wildman–Crippen LogP) is 3.69. The fourth-order valence-corrected chi connectivity index (χ4v) is 3.36. The number of sulfonamides is 1. The summed E-state index contributed by atoms with van der Waals surface area (Å²) in [4.78, 5) is 0.314. The standard InChI is InChI=1S/C20H26N2O2S/c1-16(14-18-8-6-5-7-9-18)15-21-17(2)19-10-12-20(13-11-19)25(23,24)22(3)4/h5-14,17,21H,15H2,1-4H3/b16-14+. The van der Waals surface area contributed by atoms with Crippen molar-refractivity contribution in [1.29, 1.82) is 0 Å². The van der Waals surface area contributed by atoms with Gasteiger partial charge < -0.3 is 5.32 Å². The molecule has 25 heavy (non-hydrogen) atoms. The van der Waals surface area contributed by atoms with Crippen molar-refractivity contribution >= 4 is 16.1 Å². The Balaban J connectivity index is 1.99. The van der Waals surface area contributed by atoms with Crippen molar-refractivity contribution in [3.8, 4) is 0 Å². The van der Waals surface area contributed by atoms with Crippen LogP contribution in [0, 0.1) is 0 Å². The van der Waals surface area contributed by atoms with Gasteiger partial charge in [0.1, 0.15) is 0 Å². The van der Waals surface area contributed by atoms with E-state index in [-0.39, 0.29) is 6.04 Å². The molecule has 0 heterocycles. The first-order chi connectivity index (χ1) is 11.8. The zero-order valence-electron chi connectivity index (χ0n) is 15.2. The van der Waals surface area contributed by atoms with Crippen LogP contribution in [0.15, 0.2) is 65.1 Å². The molecular weight excluding hydrogens is 332 g/mol. The maximum Gasteiger partial charge on any atom is 0.242 e. The molecule has 0 bridgehead atoms. The van der Waals surface area contributed by atoms with Crippen LogP contribution in [-0.4, -0.2) is 33.4 Å². The zero-order chi connectivity index (χ0) is 18.4. The highest BCUT2D eigenvalue weighted by molar-refractivity contribution is 7.89. The molecule has 2 rings (SSSR count). The molecule has 1 atom stereocenters. The van der Waals surface area contributed by atoms with Crippen LogP contribution >= 0.6 is 0 Å². The second-order valence-corrected chi connectivity index (χ2v) is 8.51. The van der Waals surface area contributed by atoms with Crippen molar-refractivity contribution in [3.63, 3.8) is 0 Å². The van der Waals surface area contributed by atoms with Gasteiger partial charge in [0, 0.05) is 26.7 Å². The van der Waals surface area contributed by atoms with Crippen LogP contribution in [0.5, 0.6) is 0 Å². The van der Waals surface area contributed by atoms with E-state index in [0.29, 0.717) is 4.90 Å². The normalized spacial score (nSPS) is 13.9. The maximum absolute atomic E-state index is 12.1. The number of nitrogens with zero attached hydrogens (tertiary/aromatic N) is 1. The number of benzene rings is 2. The van der Waals surface area contributed by atoms with Crippen LogP contribution in [0.25, 0.3) is 6.08 Å². The van der Waals surface area contributed by atoms with Crippen molar-refractivity contribution in [2.75, 3.05) is 20.6 Å². The first-order valence-electron chi connectivity index (χ1n) is 8.29. The van der Waals surface area contributed by atoms with Crippen LogP contribution in [0.2, 0.25) is 0 Å². The highest BCUT2D eigenvalue weighted by Crippen LogP contribution is 2.18. The average Bonchev–Trinajstić information content (AvgIpc) is 2.60. The van der Waals surface area contributed by atoms with E-state index in [4.69, 9.17) is 0 Å². The largest absolute Gasteiger partial charge is 0.306 e. The smallest absolute Gasteiger partial charge is 0.242 e. The third-order valence-electron chi connectivity index (χ3n) is 4.06. The summed E-state index contributed by atoms with van der Waals surface area (Å²) in [5, 5.41) is 3.47. The lowest BCUT2D eigenvalue weighted by Crippen LogP contribution is -2.23. The molecular formula is C20H26N2O2S. The fraction of sp³-hybridized carbons (Fsp3) is 0.300. The molecule has 0 saturated heterocycles. The SMILES string of the molecule is C/C(=C\c1ccccc1)CNC(C)c1ccc(S(=O)(=O)N(C)C)cc1. The molecule has 4 nitrogen and oxygen atoms in total. The van der Waals surface area contributed by atoms with Gasteiger partial charge in [0.2, 0.25) is 10.0 Å². The maximum atomic E-state index is 12.1. The molecule has 2 aromatic carbocycles. The van der Waals surface area contributed by atoms with Crippen molar-refractivity contribution in [3.05, 3.63) is 71.3 Å². The lowest BCUT2D eigenvalue weighted by molar-refractivity contribution is 0.520. The van der Waals surface area contributed by atoms with Gasteiger partial charge in [-0.25, -0.2) is 12.7 Å². The predicted molar refractivity (Wildman–Crippen MR) is 104 cm³/mol. The van der Waals surface area contributed by atoms with Crippen molar-refractivity contribution in [2.24, 2.45) is 0 Å². The first-order valence-corrected chi connectivity index (χ1v) is 9.73. The van der Waals surface area contributed by atoms with Gasteiger partial charge in [-0.05, 0) is 37.1 Å². The van der Waals surface area contributed by atoms with E-state index in [1.807, 2.05) is 30.3 Å². The second-order valence-electron chi connectivity index (χ2n) is 6.36. The summed E-state index contributed by atoms with van der Waals surface area (Å²) in [6.45, 7) is 4.94. The van der Waals surface area contributed by atoms with Gasteiger partial charge in [-0.1, -0.05) is 54.1 Å². The molecule has 2 aromatic rings. The minimum absolute atomic E-state index is 0.134. The number of hydrogen-bond donors (Lipinski definition) is 1. The summed E-state index contributed by atoms with van der Waals surface area (Å²) in [5.74, 6) is 0. The topological polar surface area (TPSA) is 49.4 Å². The van der Waals surface area contributed by atoms with Crippen molar-refractivity contribution in [1.82, 2.24) is 9.62 Å². The van der Waals surface area contributed by atoms with E-state index in [2.05, 4.69) is 37.4 Å². The summed E-state index contributed by atoms with van der Waals surface area (Å²) in [6, 6.07) is 17.4. The molecule has 0 radical (unpaired) electrons. The van der Waals surface area contributed by atoms with Crippen LogP contribution in [0.1, 0.15) is 31.0 Å². The average molecular weight is 359 g/mol. The van der Waals surface area contributed by atoms with Crippen molar-refractivity contribution in [2.45, 2.75) is 24.8 Å². The number of rotatable bonds is 7. The lowest BCUT2D eigenvalue weighted by atomic mass is 10.1. The van der Waals surface area contributed by atoms with Crippen LogP contribution < -0.4 is 5.32 Å². The van der Waals surface area contributed by atoms with E-state index in [1.54, 1.807) is 12.1 Å².